The van der Waals surface area contributed by atoms with Crippen LogP contribution in [0.5, 0.6) is 0 Å². The molecule has 118 valence electrons. The van der Waals surface area contributed by atoms with Crippen molar-refractivity contribution in [1.82, 2.24) is 34.3 Å². The Morgan fingerprint density at radius 1 is 1.22 bits per heavy atom. The van der Waals surface area contributed by atoms with E-state index in [1.807, 2.05) is 31.5 Å². The molecule has 0 bridgehead atoms. The van der Waals surface area contributed by atoms with Crippen LogP contribution in [0.25, 0.3) is 5.65 Å². The molecule has 4 rings (SSSR count). The Morgan fingerprint density at radius 3 is 2.87 bits per heavy atom. The summed E-state index contributed by atoms with van der Waals surface area (Å²) < 4.78 is 3.57. The van der Waals surface area contributed by atoms with E-state index < -0.39 is 0 Å². The first kappa shape index (κ1) is 13.9. The molecule has 3 aromatic rings. The highest BCUT2D eigenvalue weighted by Gasteiger charge is 2.28. The van der Waals surface area contributed by atoms with Gasteiger partial charge in [0.1, 0.15) is 17.7 Å². The van der Waals surface area contributed by atoms with Crippen molar-refractivity contribution < 1.29 is 4.79 Å². The third-order valence-electron chi connectivity index (χ3n) is 4.18. The number of carbonyl (C=O) groups excluding carboxylic acids is 1. The first-order valence-corrected chi connectivity index (χ1v) is 7.54. The maximum absolute atomic E-state index is 13.0. The van der Waals surface area contributed by atoms with Gasteiger partial charge in [0.15, 0.2) is 5.65 Å². The van der Waals surface area contributed by atoms with Crippen LogP contribution in [0, 0.1) is 20.8 Å². The second kappa shape index (κ2) is 4.87. The highest BCUT2D eigenvalue weighted by Crippen LogP contribution is 2.20. The molecule has 0 spiro atoms. The second-order valence-electron chi connectivity index (χ2n) is 5.86. The SMILES string of the molecule is Cc1cc(C)n2nc(C)c(C(=O)N3CCn4ncnc4C3)c2n1. The summed E-state index contributed by atoms with van der Waals surface area (Å²) >= 11 is 0. The molecule has 0 fully saturated rings. The normalized spacial score (nSPS) is 14.3. The van der Waals surface area contributed by atoms with Crippen molar-refractivity contribution in [2.75, 3.05) is 6.54 Å². The van der Waals surface area contributed by atoms with E-state index in [2.05, 4.69) is 20.2 Å². The minimum atomic E-state index is -0.0516. The molecule has 1 amide bonds. The minimum Gasteiger partial charge on any atom is -0.329 e. The molecule has 0 unspecified atom stereocenters. The molecule has 1 aliphatic heterocycles. The minimum absolute atomic E-state index is 0.0516. The van der Waals surface area contributed by atoms with Gasteiger partial charge in [0.2, 0.25) is 0 Å². The number of fused-ring (bicyclic) bond motifs is 2. The number of amides is 1. The first-order chi connectivity index (χ1) is 11.0. The van der Waals surface area contributed by atoms with Crippen LogP contribution >= 0.6 is 0 Å². The number of carbonyl (C=O) groups is 1. The van der Waals surface area contributed by atoms with Gasteiger partial charge in [-0.2, -0.15) is 10.2 Å². The van der Waals surface area contributed by atoms with Gasteiger partial charge in [0.05, 0.1) is 18.8 Å². The van der Waals surface area contributed by atoms with Crippen LogP contribution in [0.15, 0.2) is 12.4 Å². The standard InChI is InChI=1S/C15H17N7O/c1-9-6-10(2)22-14(18-9)13(11(3)19-22)15(23)20-4-5-21-12(7-20)16-8-17-21/h6,8H,4-5,7H2,1-3H3. The molecule has 0 N–H and O–H groups in total. The van der Waals surface area contributed by atoms with E-state index in [0.29, 0.717) is 36.5 Å². The van der Waals surface area contributed by atoms with Crippen molar-refractivity contribution >= 4 is 11.6 Å². The quantitative estimate of drug-likeness (QED) is 0.667. The van der Waals surface area contributed by atoms with E-state index >= 15 is 0 Å². The van der Waals surface area contributed by atoms with Crippen molar-refractivity contribution in [2.45, 2.75) is 33.9 Å². The van der Waals surface area contributed by atoms with E-state index in [4.69, 9.17) is 0 Å². The van der Waals surface area contributed by atoms with Crippen LogP contribution < -0.4 is 0 Å². The van der Waals surface area contributed by atoms with Gasteiger partial charge in [0.25, 0.3) is 5.91 Å². The lowest BCUT2D eigenvalue weighted by molar-refractivity contribution is 0.0703. The van der Waals surface area contributed by atoms with E-state index in [1.165, 1.54) is 6.33 Å². The number of hydrogen-bond acceptors (Lipinski definition) is 5. The fraction of sp³-hybridized carbons (Fsp3) is 0.400. The Bertz CT molecular complexity index is 923. The smallest absolute Gasteiger partial charge is 0.260 e. The van der Waals surface area contributed by atoms with Crippen molar-refractivity contribution in [1.29, 1.82) is 0 Å². The van der Waals surface area contributed by atoms with Crippen LogP contribution in [0.1, 0.15) is 33.3 Å². The molecule has 0 radical (unpaired) electrons. The number of rotatable bonds is 1. The number of aryl methyl sites for hydroxylation is 3. The summed E-state index contributed by atoms with van der Waals surface area (Å²) in [6, 6.07) is 1.96. The molecule has 23 heavy (non-hydrogen) atoms. The van der Waals surface area contributed by atoms with Gasteiger partial charge in [-0.3, -0.25) is 4.79 Å². The lowest BCUT2D eigenvalue weighted by Gasteiger charge is -2.26. The van der Waals surface area contributed by atoms with Gasteiger partial charge in [-0.05, 0) is 26.8 Å². The largest absolute Gasteiger partial charge is 0.329 e. The Kier molecular flexibility index (Phi) is 2.93. The predicted molar refractivity (Wildman–Crippen MR) is 82.0 cm³/mol. The highest BCUT2D eigenvalue weighted by atomic mass is 16.2. The third kappa shape index (κ3) is 2.09. The van der Waals surface area contributed by atoms with E-state index in [1.54, 1.807) is 9.42 Å². The molecule has 1 aliphatic rings. The van der Waals surface area contributed by atoms with Gasteiger partial charge in [0, 0.05) is 17.9 Å². The Balaban J connectivity index is 1.77. The zero-order chi connectivity index (χ0) is 16.1. The van der Waals surface area contributed by atoms with Crippen molar-refractivity contribution in [3.05, 3.63) is 40.9 Å². The lowest BCUT2D eigenvalue weighted by Crippen LogP contribution is -2.39. The summed E-state index contributed by atoms with van der Waals surface area (Å²) in [7, 11) is 0. The second-order valence-corrected chi connectivity index (χ2v) is 5.86. The van der Waals surface area contributed by atoms with Gasteiger partial charge in [-0.1, -0.05) is 0 Å². The third-order valence-corrected chi connectivity index (χ3v) is 4.18. The van der Waals surface area contributed by atoms with Gasteiger partial charge >= 0.3 is 0 Å². The van der Waals surface area contributed by atoms with Crippen molar-refractivity contribution in [3.8, 4) is 0 Å². The molecule has 8 heteroatoms. The van der Waals surface area contributed by atoms with Gasteiger partial charge in [-0.15, -0.1) is 0 Å². The average molecular weight is 311 g/mol. The predicted octanol–water partition coefficient (Wildman–Crippen LogP) is 0.902. The lowest BCUT2D eigenvalue weighted by atomic mass is 10.2. The molecule has 8 nitrogen and oxygen atoms in total. The molecular formula is C15H17N7O. The molecule has 0 atom stereocenters. The summed E-state index contributed by atoms with van der Waals surface area (Å²) in [6.45, 7) is 7.46. The summed E-state index contributed by atoms with van der Waals surface area (Å²) in [5.41, 5.74) is 3.74. The average Bonchev–Trinajstić information content (AvgIpc) is 3.09. The van der Waals surface area contributed by atoms with Gasteiger partial charge < -0.3 is 4.90 Å². The Morgan fingerprint density at radius 2 is 2.04 bits per heavy atom. The first-order valence-electron chi connectivity index (χ1n) is 7.54. The van der Waals surface area contributed by atoms with E-state index in [-0.39, 0.29) is 5.91 Å². The monoisotopic (exact) mass is 311 g/mol. The molecular weight excluding hydrogens is 294 g/mol. The maximum Gasteiger partial charge on any atom is 0.260 e. The van der Waals surface area contributed by atoms with E-state index in [9.17, 15) is 4.79 Å². The van der Waals surface area contributed by atoms with E-state index in [0.717, 1.165) is 17.2 Å². The maximum atomic E-state index is 13.0. The van der Waals surface area contributed by atoms with Gasteiger partial charge in [-0.25, -0.2) is 19.2 Å². The molecule has 0 aliphatic carbocycles. The van der Waals surface area contributed by atoms with Crippen molar-refractivity contribution in [2.24, 2.45) is 0 Å². The summed E-state index contributed by atoms with van der Waals surface area (Å²) in [4.78, 5) is 23.5. The zero-order valence-corrected chi connectivity index (χ0v) is 13.3. The topological polar surface area (TPSA) is 81.2 Å². The summed E-state index contributed by atoms with van der Waals surface area (Å²) in [6.07, 6.45) is 1.53. The van der Waals surface area contributed by atoms with Crippen LogP contribution in [0.4, 0.5) is 0 Å². The number of aromatic nitrogens is 6. The zero-order valence-electron chi connectivity index (χ0n) is 13.3. The summed E-state index contributed by atoms with van der Waals surface area (Å²) in [5, 5.41) is 8.62. The van der Waals surface area contributed by atoms with Crippen LogP contribution in [0.3, 0.4) is 0 Å². The van der Waals surface area contributed by atoms with Crippen molar-refractivity contribution in [3.63, 3.8) is 0 Å². The molecule has 4 heterocycles. The fourth-order valence-electron chi connectivity index (χ4n) is 3.07. The number of nitrogens with zero attached hydrogens (tertiary/aromatic N) is 7. The molecule has 0 aromatic carbocycles. The fourth-order valence-corrected chi connectivity index (χ4v) is 3.07. The molecule has 0 saturated heterocycles. The Hall–Kier alpha value is -2.77. The van der Waals surface area contributed by atoms with Crippen LogP contribution in [0.2, 0.25) is 0 Å². The molecule has 3 aromatic heterocycles. The highest BCUT2D eigenvalue weighted by molar-refractivity contribution is 6.01. The Labute approximate surface area is 132 Å². The van der Waals surface area contributed by atoms with Crippen LogP contribution in [-0.4, -0.2) is 46.7 Å². The number of hydrogen-bond donors (Lipinski definition) is 0. The molecule has 0 saturated carbocycles. The van der Waals surface area contributed by atoms with Crippen LogP contribution in [-0.2, 0) is 13.1 Å². The summed E-state index contributed by atoms with van der Waals surface area (Å²) in [5.74, 6) is 0.753.